The highest BCUT2D eigenvalue weighted by atomic mass is 19.1. The molecule has 3 heteroatoms. The molecule has 0 unspecified atom stereocenters. The van der Waals surface area contributed by atoms with Gasteiger partial charge >= 0.3 is 0 Å². The highest BCUT2D eigenvalue weighted by Crippen LogP contribution is 2.07. The molecule has 0 radical (unpaired) electrons. The van der Waals surface area contributed by atoms with Gasteiger partial charge in [0, 0.05) is 12.1 Å². The molecule has 1 aromatic carbocycles. The van der Waals surface area contributed by atoms with Crippen molar-refractivity contribution in [2.75, 3.05) is 0 Å². The van der Waals surface area contributed by atoms with Crippen LogP contribution < -0.4 is 5.73 Å². The standard InChI is InChI=1S/C8H8FNO/c9-8-2-1-6(5-11)7(3-8)4-10/h1-3,5H,4,10H2. The summed E-state index contributed by atoms with van der Waals surface area (Å²) in [6, 6.07) is 3.93. The molecule has 0 spiro atoms. The van der Waals surface area contributed by atoms with Gasteiger partial charge in [0.1, 0.15) is 12.1 Å². The largest absolute Gasteiger partial charge is 0.326 e. The maximum atomic E-state index is 12.5. The molecule has 0 bridgehead atoms. The Kier molecular flexibility index (Phi) is 2.33. The SMILES string of the molecule is NCc1cc(F)ccc1C=O. The van der Waals surface area contributed by atoms with E-state index < -0.39 is 0 Å². The molecule has 1 rings (SSSR count). The molecule has 0 amide bonds. The molecular weight excluding hydrogens is 145 g/mol. The predicted octanol–water partition coefficient (Wildman–Crippen LogP) is 1.10. The first kappa shape index (κ1) is 7.88. The highest BCUT2D eigenvalue weighted by molar-refractivity contribution is 5.77. The molecule has 0 fully saturated rings. The molecule has 0 saturated carbocycles. The van der Waals surface area contributed by atoms with Gasteiger partial charge in [-0.3, -0.25) is 4.79 Å². The average molecular weight is 153 g/mol. The van der Waals surface area contributed by atoms with Crippen LogP contribution in [0, 0.1) is 5.82 Å². The van der Waals surface area contributed by atoms with Crippen LogP contribution in [0.2, 0.25) is 0 Å². The van der Waals surface area contributed by atoms with Crippen molar-refractivity contribution in [2.24, 2.45) is 5.73 Å². The van der Waals surface area contributed by atoms with Crippen molar-refractivity contribution in [3.63, 3.8) is 0 Å². The lowest BCUT2D eigenvalue weighted by molar-refractivity contribution is 0.112. The molecule has 1 aromatic rings. The van der Waals surface area contributed by atoms with Gasteiger partial charge in [-0.05, 0) is 23.8 Å². The summed E-state index contributed by atoms with van der Waals surface area (Å²) in [7, 11) is 0. The van der Waals surface area contributed by atoms with Crippen molar-refractivity contribution in [2.45, 2.75) is 6.54 Å². The number of benzene rings is 1. The molecule has 58 valence electrons. The van der Waals surface area contributed by atoms with Gasteiger partial charge in [0.15, 0.2) is 0 Å². The van der Waals surface area contributed by atoms with Crippen molar-refractivity contribution < 1.29 is 9.18 Å². The van der Waals surface area contributed by atoms with Crippen molar-refractivity contribution >= 4 is 6.29 Å². The molecule has 2 N–H and O–H groups in total. The fourth-order valence-electron chi connectivity index (χ4n) is 0.866. The number of carbonyl (C=O) groups is 1. The first-order valence-electron chi connectivity index (χ1n) is 3.21. The zero-order valence-corrected chi connectivity index (χ0v) is 5.88. The Labute approximate surface area is 63.8 Å². The molecule has 0 aliphatic heterocycles. The number of hydrogen-bond acceptors (Lipinski definition) is 2. The molecule has 0 aromatic heterocycles. The van der Waals surface area contributed by atoms with Crippen molar-refractivity contribution in [1.82, 2.24) is 0 Å². The summed E-state index contributed by atoms with van der Waals surface area (Å²) >= 11 is 0. The summed E-state index contributed by atoms with van der Waals surface area (Å²) in [5.74, 6) is -0.365. The fraction of sp³-hybridized carbons (Fsp3) is 0.125. The van der Waals surface area contributed by atoms with Crippen molar-refractivity contribution in [3.05, 3.63) is 35.1 Å². The zero-order chi connectivity index (χ0) is 8.27. The van der Waals surface area contributed by atoms with Crippen molar-refractivity contribution in [3.8, 4) is 0 Å². The van der Waals surface area contributed by atoms with E-state index in [-0.39, 0.29) is 12.4 Å². The minimum Gasteiger partial charge on any atom is -0.326 e. The number of aldehydes is 1. The van der Waals surface area contributed by atoms with Gasteiger partial charge in [0.05, 0.1) is 0 Å². The Morgan fingerprint density at radius 1 is 1.55 bits per heavy atom. The maximum Gasteiger partial charge on any atom is 0.150 e. The van der Waals surface area contributed by atoms with Gasteiger partial charge < -0.3 is 5.73 Å². The van der Waals surface area contributed by atoms with Gasteiger partial charge in [-0.1, -0.05) is 0 Å². The topological polar surface area (TPSA) is 43.1 Å². The maximum absolute atomic E-state index is 12.5. The van der Waals surface area contributed by atoms with E-state index in [0.29, 0.717) is 17.4 Å². The number of hydrogen-bond donors (Lipinski definition) is 1. The lowest BCUT2D eigenvalue weighted by atomic mass is 10.1. The molecule has 0 aliphatic rings. The second-order valence-corrected chi connectivity index (χ2v) is 2.17. The van der Waals surface area contributed by atoms with Crippen LogP contribution in [0.5, 0.6) is 0 Å². The third kappa shape index (κ3) is 1.62. The third-order valence-corrected chi connectivity index (χ3v) is 1.45. The van der Waals surface area contributed by atoms with Gasteiger partial charge in [-0.15, -0.1) is 0 Å². The smallest absolute Gasteiger partial charge is 0.150 e. The Bertz CT molecular complexity index is 273. The number of carbonyl (C=O) groups excluding carboxylic acids is 1. The summed E-state index contributed by atoms with van der Waals surface area (Å²) in [6.45, 7) is 0.186. The zero-order valence-electron chi connectivity index (χ0n) is 5.88. The van der Waals surface area contributed by atoms with Crippen LogP contribution in [0.25, 0.3) is 0 Å². The van der Waals surface area contributed by atoms with Gasteiger partial charge in [-0.2, -0.15) is 0 Å². The second-order valence-electron chi connectivity index (χ2n) is 2.17. The summed E-state index contributed by atoms with van der Waals surface area (Å²) < 4.78 is 12.5. The molecule has 11 heavy (non-hydrogen) atoms. The molecule has 0 atom stereocenters. The van der Waals surface area contributed by atoms with E-state index in [2.05, 4.69) is 0 Å². The average Bonchev–Trinajstić information content (AvgIpc) is 2.04. The van der Waals surface area contributed by atoms with Crippen LogP contribution in [0.4, 0.5) is 4.39 Å². The van der Waals surface area contributed by atoms with Gasteiger partial charge in [-0.25, -0.2) is 4.39 Å². The van der Waals surface area contributed by atoms with Crippen LogP contribution in [-0.4, -0.2) is 6.29 Å². The summed E-state index contributed by atoms with van der Waals surface area (Å²) in [4.78, 5) is 10.3. The number of halogens is 1. The summed E-state index contributed by atoms with van der Waals surface area (Å²) in [5, 5.41) is 0. The Morgan fingerprint density at radius 3 is 2.82 bits per heavy atom. The Morgan fingerprint density at radius 2 is 2.27 bits per heavy atom. The monoisotopic (exact) mass is 153 g/mol. The minimum atomic E-state index is -0.365. The van der Waals surface area contributed by atoms with E-state index in [4.69, 9.17) is 5.73 Å². The third-order valence-electron chi connectivity index (χ3n) is 1.45. The van der Waals surface area contributed by atoms with Crippen LogP contribution >= 0.6 is 0 Å². The van der Waals surface area contributed by atoms with Crippen molar-refractivity contribution in [1.29, 1.82) is 0 Å². The lowest BCUT2D eigenvalue weighted by Gasteiger charge is -1.99. The Balaban J connectivity index is 3.16. The molecule has 2 nitrogen and oxygen atoms in total. The molecule has 0 saturated heterocycles. The Hall–Kier alpha value is -1.22. The van der Waals surface area contributed by atoms with Crippen LogP contribution in [0.3, 0.4) is 0 Å². The molecule has 0 aliphatic carbocycles. The van der Waals surface area contributed by atoms with E-state index in [9.17, 15) is 9.18 Å². The highest BCUT2D eigenvalue weighted by Gasteiger charge is 1.99. The number of rotatable bonds is 2. The molecular formula is C8H8FNO. The minimum absolute atomic E-state index is 0.186. The first-order chi connectivity index (χ1) is 5.27. The van der Waals surface area contributed by atoms with E-state index in [0.717, 1.165) is 0 Å². The predicted molar refractivity (Wildman–Crippen MR) is 39.7 cm³/mol. The van der Waals surface area contributed by atoms with Gasteiger partial charge in [0.2, 0.25) is 0 Å². The van der Waals surface area contributed by atoms with Crippen LogP contribution in [-0.2, 0) is 6.54 Å². The van der Waals surface area contributed by atoms with E-state index >= 15 is 0 Å². The van der Waals surface area contributed by atoms with E-state index in [1.807, 2.05) is 0 Å². The van der Waals surface area contributed by atoms with E-state index in [1.54, 1.807) is 0 Å². The normalized spacial score (nSPS) is 9.64. The van der Waals surface area contributed by atoms with Crippen LogP contribution in [0.15, 0.2) is 18.2 Å². The fourth-order valence-corrected chi connectivity index (χ4v) is 0.866. The first-order valence-corrected chi connectivity index (χ1v) is 3.21. The van der Waals surface area contributed by atoms with E-state index in [1.165, 1.54) is 18.2 Å². The second kappa shape index (κ2) is 3.25. The summed E-state index contributed by atoms with van der Waals surface area (Å²) in [5.41, 5.74) is 6.26. The number of nitrogens with two attached hydrogens (primary N) is 1. The lowest BCUT2D eigenvalue weighted by Crippen LogP contribution is -2.01. The quantitative estimate of drug-likeness (QED) is 0.646. The summed E-state index contributed by atoms with van der Waals surface area (Å²) in [6.07, 6.45) is 0.668. The van der Waals surface area contributed by atoms with Crippen LogP contribution in [0.1, 0.15) is 15.9 Å². The molecule has 0 heterocycles. The van der Waals surface area contributed by atoms with Gasteiger partial charge in [0.25, 0.3) is 0 Å².